The third kappa shape index (κ3) is 14.9. The number of fused-ring (bicyclic) bond motifs is 2. The topological polar surface area (TPSA) is 206 Å². The fourth-order valence-electron chi connectivity index (χ4n) is 9.04. The smallest absolute Gasteiger partial charge is 0.327 e. The molecule has 0 bridgehead atoms. The summed E-state index contributed by atoms with van der Waals surface area (Å²) in [5.41, 5.74) is 13.8. The second-order valence-electron chi connectivity index (χ2n) is 18.9. The average molecular weight is 1080 g/mol. The van der Waals surface area contributed by atoms with Gasteiger partial charge in [0, 0.05) is 63.0 Å². The van der Waals surface area contributed by atoms with Crippen LogP contribution >= 0.6 is 11.6 Å². The number of aryl methyl sites for hydroxylation is 6. The number of benzene rings is 5. The molecule has 412 valence electrons. The van der Waals surface area contributed by atoms with Crippen LogP contribution in [0.15, 0.2) is 123 Å². The van der Waals surface area contributed by atoms with E-state index in [1.807, 2.05) is 125 Å². The zero-order chi connectivity index (χ0) is 55.5. The maximum absolute atomic E-state index is 12.7. The molecule has 0 fully saturated rings. The van der Waals surface area contributed by atoms with Crippen LogP contribution in [0, 0.1) is 41.5 Å². The molecule has 0 aliphatic heterocycles. The maximum atomic E-state index is 12.7. The number of ether oxygens (including phenoxy) is 1. The van der Waals surface area contributed by atoms with Gasteiger partial charge in [0.15, 0.2) is 11.6 Å². The van der Waals surface area contributed by atoms with E-state index in [1.165, 1.54) is 18.7 Å². The average Bonchev–Trinajstić information content (AvgIpc) is 3.99. The molecule has 0 radical (unpaired) electrons. The van der Waals surface area contributed by atoms with E-state index in [4.69, 9.17) is 16.7 Å². The quantitative estimate of drug-likeness (QED) is 0.0572. The van der Waals surface area contributed by atoms with Gasteiger partial charge >= 0.3 is 5.97 Å². The molecule has 0 spiro atoms. The van der Waals surface area contributed by atoms with Crippen LogP contribution in [-0.4, -0.2) is 102 Å². The van der Waals surface area contributed by atoms with Gasteiger partial charge in [-0.15, -0.1) is 0 Å². The van der Waals surface area contributed by atoms with Gasteiger partial charge in [0.1, 0.15) is 6.54 Å². The van der Waals surface area contributed by atoms with Crippen LogP contribution in [0.25, 0.3) is 38.9 Å². The number of carbonyl (C=O) groups excluding carboxylic acids is 3. The molecule has 0 unspecified atom stereocenters. The molecule has 8 rings (SSSR count). The van der Waals surface area contributed by atoms with Crippen LogP contribution in [0.1, 0.15) is 106 Å². The number of aliphatic imine (C=N–C) groups is 3. The van der Waals surface area contributed by atoms with Crippen molar-refractivity contribution < 1.29 is 34.4 Å². The number of ketones is 2. The number of carbonyl (C=O) groups is 3. The number of methoxy groups -OCH3 is 1. The number of aliphatic hydroxyl groups excluding tert-OH is 1. The SMILES string of the molecule is C.C.CC(=NCC(=O)CCCO)c1c(O)n(-c2ccccc2)c2ccc(Cl)cc12.CC(=O)CN=C(C)c1c(C)[nH]n(-c2cc(C)cc(C)c2)c1=O.COC(=O)CN=C(C)c1c(O)n(-c2cc(C)cc(C)c2)c2cc(C)ccc12. The lowest BCUT2D eigenvalue weighted by Crippen LogP contribution is -2.20. The van der Waals surface area contributed by atoms with Crippen LogP contribution in [0.3, 0.4) is 0 Å². The van der Waals surface area contributed by atoms with E-state index < -0.39 is 5.97 Å². The predicted octanol–water partition coefficient (Wildman–Crippen LogP) is 12.1. The van der Waals surface area contributed by atoms with Gasteiger partial charge in [-0.05, 0) is 164 Å². The lowest BCUT2D eigenvalue weighted by atomic mass is 10.1. The largest absolute Gasteiger partial charge is 0.494 e. The summed E-state index contributed by atoms with van der Waals surface area (Å²) in [6.45, 7) is 18.7. The number of hydrogen-bond donors (Lipinski definition) is 4. The summed E-state index contributed by atoms with van der Waals surface area (Å²) < 4.78 is 9.77. The van der Waals surface area contributed by atoms with Crippen molar-refractivity contribution in [3.63, 3.8) is 0 Å². The number of para-hydroxylation sites is 1. The summed E-state index contributed by atoms with van der Waals surface area (Å²) in [5, 5.41) is 36.2. The molecule has 15 nitrogen and oxygen atoms in total. The first-order valence-corrected chi connectivity index (χ1v) is 25.2. The van der Waals surface area contributed by atoms with Crippen molar-refractivity contribution in [2.75, 3.05) is 33.4 Å². The molecule has 8 aromatic rings. The van der Waals surface area contributed by atoms with Gasteiger partial charge in [-0.1, -0.05) is 68.9 Å². The Morgan fingerprint density at radius 3 is 1.68 bits per heavy atom. The summed E-state index contributed by atoms with van der Waals surface area (Å²) in [6, 6.07) is 33.1. The van der Waals surface area contributed by atoms with Crippen LogP contribution in [0.2, 0.25) is 5.02 Å². The first-order chi connectivity index (χ1) is 36.1. The Labute approximate surface area is 462 Å². The normalized spacial score (nSPS) is 11.5. The van der Waals surface area contributed by atoms with Crippen molar-refractivity contribution in [2.24, 2.45) is 15.0 Å². The maximum Gasteiger partial charge on any atom is 0.327 e. The fourth-order valence-corrected chi connectivity index (χ4v) is 9.21. The Hall–Kier alpha value is -8.14. The minimum atomic E-state index is -0.414. The third-order valence-corrected chi connectivity index (χ3v) is 12.7. The van der Waals surface area contributed by atoms with Crippen molar-refractivity contribution in [3.8, 4) is 28.8 Å². The molecule has 0 saturated heterocycles. The van der Waals surface area contributed by atoms with Crippen molar-refractivity contribution in [3.05, 3.63) is 169 Å². The Bertz CT molecular complexity index is 3570. The first-order valence-electron chi connectivity index (χ1n) is 24.8. The van der Waals surface area contributed by atoms with E-state index >= 15 is 0 Å². The lowest BCUT2D eigenvalue weighted by molar-refractivity contribution is -0.138. The zero-order valence-electron chi connectivity index (χ0n) is 45.0. The summed E-state index contributed by atoms with van der Waals surface area (Å²) in [4.78, 5) is 59.9. The second-order valence-corrected chi connectivity index (χ2v) is 19.3. The number of Topliss-reactive ketones (excluding diaryl/α,β-unsaturated/α-hetero) is 2. The van der Waals surface area contributed by atoms with Crippen LogP contribution in [0.4, 0.5) is 0 Å². The summed E-state index contributed by atoms with van der Waals surface area (Å²) in [7, 11) is 1.33. The number of aromatic hydroxyl groups is 2. The molecule has 0 saturated carbocycles. The Morgan fingerprint density at radius 1 is 0.590 bits per heavy atom. The van der Waals surface area contributed by atoms with E-state index in [9.17, 15) is 29.4 Å². The van der Waals surface area contributed by atoms with Crippen molar-refractivity contribution in [2.45, 2.75) is 96.9 Å². The minimum absolute atomic E-state index is 0. The molecule has 5 aromatic carbocycles. The number of esters is 1. The van der Waals surface area contributed by atoms with Gasteiger partial charge in [-0.3, -0.25) is 48.4 Å². The predicted molar refractivity (Wildman–Crippen MR) is 318 cm³/mol. The van der Waals surface area contributed by atoms with E-state index in [0.29, 0.717) is 45.3 Å². The highest BCUT2D eigenvalue weighted by atomic mass is 35.5. The minimum Gasteiger partial charge on any atom is -0.494 e. The number of aromatic amines is 1. The van der Waals surface area contributed by atoms with Crippen molar-refractivity contribution in [1.82, 2.24) is 18.9 Å². The summed E-state index contributed by atoms with van der Waals surface area (Å²) in [5.74, 6) is -0.313. The van der Waals surface area contributed by atoms with Crippen LogP contribution in [0.5, 0.6) is 11.8 Å². The molecule has 0 atom stereocenters. The number of rotatable bonds is 15. The highest BCUT2D eigenvalue weighted by molar-refractivity contribution is 6.31. The number of hydrogen-bond acceptors (Lipinski definition) is 11. The number of nitrogens with zero attached hydrogens (tertiary/aromatic N) is 6. The molecular weight excluding hydrogens is 1010 g/mol. The van der Waals surface area contributed by atoms with Crippen LogP contribution in [-0.2, 0) is 19.1 Å². The standard InChI is InChI=1S/C22H24N2O3.C21H21ClN2O3.C17H21N3O2.2CH4/c1-13-6-7-18-19(11-13)24(17-9-14(2)8-15(3)10-17)22(26)21(18)16(4)23-12-20(25)27-5;1-14(23-13-17(26)8-5-11-25)20-18-12-15(22)9-10-19(18)24(21(20)27)16-6-3-2-4-7-16;1-10-6-11(2)8-15(7-10)20-17(22)16(14(5)19-20)13(4)18-9-12(3)21;;/h6-11,26H,12H2,1-5H3;2-4,6-7,9-10,12,25,27H,5,8,11,13H2,1H3;6-8,19H,9H2,1-5H3;2*1H4. The van der Waals surface area contributed by atoms with Gasteiger partial charge < -0.3 is 20.1 Å². The first kappa shape index (κ1) is 62.4. The third-order valence-electron chi connectivity index (χ3n) is 12.4. The van der Waals surface area contributed by atoms with Gasteiger partial charge in [0.2, 0.25) is 11.8 Å². The number of aromatic nitrogens is 4. The molecule has 0 aliphatic carbocycles. The van der Waals surface area contributed by atoms with Gasteiger partial charge in [-0.25, -0.2) is 4.68 Å². The summed E-state index contributed by atoms with van der Waals surface area (Å²) in [6.07, 6.45) is 0.721. The number of nitrogens with one attached hydrogen (secondary N) is 1. The van der Waals surface area contributed by atoms with E-state index in [0.717, 1.165) is 72.4 Å². The molecule has 4 N–H and O–H groups in total. The molecule has 3 aromatic heterocycles. The van der Waals surface area contributed by atoms with E-state index in [1.54, 1.807) is 37.5 Å². The highest BCUT2D eigenvalue weighted by Gasteiger charge is 2.23. The molecule has 0 amide bonds. The number of H-pyrrole nitrogens is 1. The second kappa shape index (κ2) is 27.8. The molecule has 0 aliphatic rings. The Morgan fingerprint density at radius 2 is 1.12 bits per heavy atom. The molecule has 78 heavy (non-hydrogen) atoms. The molecular formula is C62H74ClN7O8. The zero-order valence-corrected chi connectivity index (χ0v) is 45.8. The summed E-state index contributed by atoms with van der Waals surface area (Å²) >= 11 is 6.18. The van der Waals surface area contributed by atoms with Gasteiger partial charge in [0.25, 0.3) is 5.56 Å². The van der Waals surface area contributed by atoms with Gasteiger partial charge in [-0.2, -0.15) is 0 Å². The molecule has 3 heterocycles. The molecule has 16 heteroatoms. The number of aliphatic hydroxyl groups is 1. The van der Waals surface area contributed by atoms with Gasteiger partial charge in [0.05, 0.1) is 53.6 Å². The Kier molecular flexibility index (Phi) is 22.2. The van der Waals surface area contributed by atoms with E-state index in [-0.39, 0.29) is 76.4 Å². The fraction of sp³-hybridized carbons (Fsp3) is 0.306. The van der Waals surface area contributed by atoms with Crippen molar-refractivity contribution >= 4 is 68.1 Å². The highest BCUT2D eigenvalue weighted by Crippen LogP contribution is 2.38. The number of halogens is 1. The lowest BCUT2D eigenvalue weighted by Gasteiger charge is -2.10. The monoisotopic (exact) mass is 1080 g/mol. The van der Waals surface area contributed by atoms with E-state index in [2.05, 4.69) is 36.9 Å². The van der Waals surface area contributed by atoms with Crippen LogP contribution < -0.4 is 5.56 Å². The van der Waals surface area contributed by atoms with Crippen molar-refractivity contribution in [1.29, 1.82) is 0 Å². The Balaban J connectivity index is 0.000000251.